The highest BCUT2D eigenvalue weighted by molar-refractivity contribution is 5.54. The monoisotopic (exact) mass is 404 g/mol. The molecule has 0 saturated heterocycles. The summed E-state index contributed by atoms with van der Waals surface area (Å²) in [6, 6.07) is 11.0. The lowest BCUT2D eigenvalue weighted by Crippen LogP contribution is -2.15. The molecule has 0 amide bonds. The van der Waals surface area contributed by atoms with Crippen LogP contribution >= 0.6 is 0 Å². The Hall–Kier alpha value is -2.84. The number of nitrogen functional groups attached to an aromatic ring is 1. The van der Waals surface area contributed by atoms with E-state index in [1.165, 1.54) is 0 Å². The second kappa shape index (κ2) is 11.2. The zero-order valence-corrected chi connectivity index (χ0v) is 16.6. The standard InChI is InChI=1S/C21H28N2O6/c1-23-17-3-5-19-21(15-17)29-13-9-25-8-12-28-20-14-16(22)2-4-18(20)26-10-6-24-7-11-27-19/h2-5,14-15,23H,6-13,22H2,1H3. The third kappa shape index (κ3) is 6.62. The molecule has 0 fully saturated rings. The molecular weight excluding hydrogens is 376 g/mol. The maximum absolute atomic E-state index is 5.85. The van der Waals surface area contributed by atoms with E-state index in [0.29, 0.717) is 81.5 Å². The number of nitrogens with two attached hydrogens (primary N) is 1. The van der Waals surface area contributed by atoms with Gasteiger partial charge in [0.05, 0.1) is 26.4 Å². The maximum Gasteiger partial charge on any atom is 0.163 e. The van der Waals surface area contributed by atoms with E-state index in [0.717, 1.165) is 5.69 Å². The van der Waals surface area contributed by atoms with Crippen molar-refractivity contribution in [3.8, 4) is 23.0 Å². The average Bonchev–Trinajstić information content (AvgIpc) is 2.73. The molecule has 0 unspecified atom stereocenters. The minimum absolute atomic E-state index is 0.375. The van der Waals surface area contributed by atoms with Gasteiger partial charge in [-0.3, -0.25) is 0 Å². The Bertz CT molecular complexity index is 771. The van der Waals surface area contributed by atoms with Crippen LogP contribution in [0.5, 0.6) is 23.0 Å². The number of ether oxygens (including phenoxy) is 6. The Kier molecular flexibility index (Phi) is 8.09. The van der Waals surface area contributed by atoms with Gasteiger partial charge in [0.2, 0.25) is 0 Å². The largest absolute Gasteiger partial charge is 0.487 e. The summed E-state index contributed by atoms with van der Waals surface area (Å²) < 4.78 is 34.4. The molecule has 0 aromatic heterocycles. The van der Waals surface area contributed by atoms with E-state index in [1.54, 1.807) is 18.2 Å². The van der Waals surface area contributed by atoms with Gasteiger partial charge in [-0.15, -0.1) is 0 Å². The molecule has 0 atom stereocenters. The third-order valence-electron chi connectivity index (χ3n) is 4.14. The molecule has 8 heteroatoms. The second-order valence-corrected chi connectivity index (χ2v) is 6.24. The van der Waals surface area contributed by atoms with Crippen LogP contribution in [0.25, 0.3) is 0 Å². The summed E-state index contributed by atoms with van der Waals surface area (Å²) in [5, 5.41) is 3.09. The lowest BCUT2D eigenvalue weighted by Gasteiger charge is -2.16. The topological polar surface area (TPSA) is 93.4 Å². The quantitative estimate of drug-likeness (QED) is 0.701. The van der Waals surface area contributed by atoms with Crippen molar-refractivity contribution in [2.45, 2.75) is 0 Å². The molecule has 1 aliphatic rings. The van der Waals surface area contributed by atoms with Crippen molar-refractivity contribution >= 4 is 11.4 Å². The summed E-state index contributed by atoms with van der Waals surface area (Å²) >= 11 is 0. The molecular formula is C21H28N2O6. The first kappa shape index (κ1) is 20.9. The normalized spacial score (nSPS) is 16.3. The summed E-state index contributed by atoms with van der Waals surface area (Å²) in [5.74, 6) is 2.53. The average molecular weight is 404 g/mol. The van der Waals surface area contributed by atoms with Gasteiger partial charge in [0.15, 0.2) is 23.0 Å². The predicted octanol–water partition coefficient (Wildman–Crippen LogP) is 2.57. The Morgan fingerprint density at radius 1 is 0.621 bits per heavy atom. The first-order chi connectivity index (χ1) is 14.3. The summed E-state index contributed by atoms with van der Waals surface area (Å²) in [4.78, 5) is 0. The van der Waals surface area contributed by atoms with E-state index < -0.39 is 0 Å². The minimum Gasteiger partial charge on any atom is -0.487 e. The van der Waals surface area contributed by atoms with Crippen LogP contribution in [0.3, 0.4) is 0 Å². The molecule has 1 aliphatic heterocycles. The Labute approximate surface area is 170 Å². The van der Waals surface area contributed by atoms with E-state index >= 15 is 0 Å². The van der Waals surface area contributed by atoms with Gasteiger partial charge in [0, 0.05) is 30.6 Å². The van der Waals surface area contributed by atoms with Crippen LogP contribution < -0.4 is 30.0 Å². The van der Waals surface area contributed by atoms with Gasteiger partial charge in [0.25, 0.3) is 0 Å². The smallest absolute Gasteiger partial charge is 0.163 e. The number of rotatable bonds is 1. The highest BCUT2D eigenvalue weighted by Gasteiger charge is 2.09. The van der Waals surface area contributed by atoms with Gasteiger partial charge in [-0.1, -0.05) is 0 Å². The van der Waals surface area contributed by atoms with Gasteiger partial charge in [0.1, 0.15) is 26.4 Å². The van der Waals surface area contributed by atoms with Crippen LogP contribution in [-0.2, 0) is 9.47 Å². The molecule has 0 aliphatic carbocycles. The number of hydrogen-bond donors (Lipinski definition) is 2. The number of nitrogens with one attached hydrogen (secondary N) is 1. The molecule has 0 radical (unpaired) electrons. The molecule has 29 heavy (non-hydrogen) atoms. The van der Waals surface area contributed by atoms with Gasteiger partial charge in [-0.05, 0) is 24.3 Å². The molecule has 0 bridgehead atoms. The molecule has 1 heterocycles. The van der Waals surface area contributed by atoms with Gasteiger partial charge in [-0.25, -0.2) is 0 Å². The Morgan fingerprint density at radius 2 is 1.10 bits per heavy atom. The highest BCUT2D eigenvalue weighted by atomic mass is 16.6. The first-order valence-electron chi connectivity index (χ1n) is 9.64. The van der Waals surface area contributed by atoms with Crippen LogP contribution in [0.1, 0.15) is 0 Å². The van der Waals surface area contributed by atoms with Crippen LogP contribution in [0.15, 0.2) is 36.4 Å². The van der Waals surface area contributed by atoms with E-state index in [4.69, 9.17) is 34.2 Å². The Balaban J connectivity index is 1.60. The van der Waals surface area contributed by atoms with E-state index in [2.05, 4.69) is 5.32 Å². The zero-order chi connectivity index (χ0) is 20.3. The van der Waals surface area contributed by atoms with E-state index in [1.807, 2.05) is 25.2 Å². The van der Waals surface area contributed by atoms with Crippen molar-refractivity contribution < 1.29 is 28.4 Å². The second-order valence-electron chi connectivity index (χ2n) is 6.24. The van der Waals surface area contributed by atoms with Crippen molar-refractivity contribution in [2.24, 2.45) is 0 Å². The fraction of sp³-hybridized carbons (Fsp3) is 0.429. The fourth-order valence-corrected chi connectivity index (χ4v) is 2.70. The maximum atomic E-state index is 5.85. The van der Waals surface area contributed by atoms with Crippen molar-refractivity contribution in [3.05, 3.63) is 36.4 Å². The van der Waals surface area contributed by atoms with Gasteiger partial charge >= 0.3 is 0 Å². The SMILES string of the molecule is CNc1ccc2c(c1)OCCOCCOc1cc(N)ccc1OCCOCCO2. The first-order valence-corrected chi connectivity index (χ1v) is 9.64. The summed E-state index contributed by atoms with van der Waals surface area (Å²) in [7, 11) is 1.86. The van der Waals surface area contributed by atoms with Crippen LogP contribution in [0.4, 0.5) is 11.4 Å². The molecule has 158 valence electrons. The highest BCUT2D eigenvalue weighted by Crippen LogP contribution is 2.31. The van der Waals surface area contributed by atoms with Crippen molar-refractivity contribution in [2.75, 3.05) is 71.0 Å². The fourth-order valence-electron chi connectivity index (χ4n) is 2.70. The van der Waals surface area contributed by atoms with Crippen molar-refractivity contribution in [3.63, 3.8) is 0 Å². The molecule has 8 nitrogen and oxygen atoms in total. The van der Waals surface area contributed by atoms with Crippen molar-refractivity contribution in [1.82, 2.24) is 0 Å². The van der Waals surface area contributed by atoms with Crippen LogP contribution in [-0.4, -0.2) is 59.9 Å². The van der Waals surface area contributed by atoms with Crippen molar-refractivity contribution in [1.29, 1.82) is 0 Å². The van der Waals surface area contributed by atoms with Gasteiger partial charge < -0.3 is 39.5 Å². The molecule has 2 aromatic rings. The molecule has 3 N–H and O–H groups in total. The zero-order valence-electron chi connectivity index (χ0n) is 16.6. The number of fused-ring (bicyclic) bond motifs is 2. The van der Waals surface area contributed by atoms with E-state index in [-0.39, 0.29) is 0 Å². The summed E-state index contributed by atoms with van der Waals surface area (Å²) in [6.07, 6.45) is 0. The lowest BCUT2D eigenvalue weighted by molar-refractivity contribution is 0.0640. The summed E-state index contributed by atoms with van der Waals surface area (Å²) in [6.45, 7) is 3.27. The summed E-state index contributed by atoms with van der Waals surface area (Å²) in [5.41, 5.74) is 7.39. The molecule has 2 aromatic carbocycles. The number of benzene rings is 2. The molecule has 3 rings (SSSR count). The minimum atomic E-state index is 0.375. The third-order valence-corrected chi connectivity index (χ3v) is 4.14. The van der Waals surface area contributed by atoms with E-state index in [9.17, 15) is 0 Å². The predicted molar refractivity (Wildman–Crippen MR) is 110 cm³/mol. The lowest BCUT2D eigenvalue weighted by atomic mass is 10.3. The molecule has 0 spiro atoms. The van der Waals surface area contributed by atoms with Gasteiger partial charge in [-0.2, -0.15) is 0 Å². The number of anilines is 2. The molecule has 0 saturated carbocycles. The van der Waals surface area contributed by atoms with Crippen LogP contribution in [0.2, 0.25) is 0 Å². The number of hydrogen-bond acceptors (Lipinski definition) is 8. The Morgan fingerprint density at radius 3 is 1.66 bits per heavy atom. The van der Waals surface area contributed by atoms with Crippen LogP contribution in [0, 0.1) is 0 Å².